The van der Waals surface area contributed by atoms with Crippen molar-refractivity contribution < 1.29 is 0 Å². The third-order valence-corrected chi connectivity index (χ3v) is 4.67. The second-order valence-electron chi connectivity index (χ2n) is 5.92. The van der Waals surface area contributed by atoms with Gasteiger partial charge in [-0.3, -0.25) is 0 Å². The molecule has 2 aliphatic rings. The van der Waals surface area contributed by atoms with Gasteiger partial charge in [0.25, 0.3) is 0 Å². The molecule has 0 spiro atoms. The van der Waals surface area contributed by atoms with Crippen LogP contribution in [0.5, 0.6) is 0 Å². The van der Waals surface area contributed by atoms with E-state index in [1.807, 2.05) is 0 Å². The van der Waals surface area contributed by atoms with Crippen LogP contribution in [0, 0.1) is 5.41 Å². The standard InChI is InChI=1S/C15H23N3/c16-10-15(8-1-2-9-15)11-17-14-7-6-12-4-3-5-13(12)18-14/h6-7H,1-5,8-11,16H2,(H,17,18). The van der Waals surface area contributed by atoms with Crippen molar-refractivity contribution in [2.45, 2.75) is 44.9 Å². The number of pyridine rings is 1. The third kappa shape index (κ3) is 2.24. The number of nitrogens with zero attached hydrogens (tertiary/aromatic N) is 1. The van der Waals surface area contributed by atoms with Gasteiger partial charge in [0.2, 0.25) is 0 Å². The molecule has 0 atom stereocenters. The molecular weight excluding hydrogens is 222 g/mol. The predicted molar refractivity (Wildman–Crippen MR) is 74.7 cm³/mol. The molecule has 3 nitrogen and oxygen atoms in total. The summed E-state index contributed by atoms with van der Waals surface area (Å²) >= 11 is 0. The van der Waals surface area contributed by atoms with Gasteiger partial charge in [0.1, 0.15) is 5.82 Å². The lowest BCUT2D eigenvalue weighted by Gasteiger charge is -2.27. The van der Waals surface area contributed by atoms with Gasteiger partial charge in [0.05, 0.1) is 0 Å². The summed E-state index contributed by atoms with van der Waals surface area (Å²) in [6, 6.07) is 4.37. The summed E-state index contributed by atoms with van der Waals surface area (Å²) in [4.78, 5) is 4.73. The Bertz CT molecular complexity index is 422. The van der Waals surface area contributed by atoms with Crippen molar-refractivity contribution in [3.63, 3.8) is 0 Å². The van der Waals surface area contributed by atoms with Crippen molar-refractivity contribution in [3.8, 4) is 0 Å². The van der Waals surface area contributed by atoms with Crippen LogP contribution in [-0.2, 0) is 12.8 Å². The van der Waals surface area contributed by atoms with E-state index in [1.54, 1.807) is 0 Å². The largest absolute Gasteiger partial charge is 0.369 e. The average Bonchev–Trinajstić information content (AvgIpc) is 3.05. The summed E-state index contributed by atoms with van der Waals surface area (Å²) in [6.45, 7) is 1.78. The quantitative estimate of drug-likeness (QED) is 0.857. The first-order chi connectivity index (χ1) is 8.81. The Hall–Kier alpha value is -1.09. The Morgan fingerprint density at radius 3 is 2.78 bits per heavy atom. The summed E-state index contributed by atoms with van der Waals surface area (Å²) in [5, 5.41) is 3.52. The fraction of sp³-hybridized carbons (Fsp3) is 0.667. The van der Waals surface area contributed by atoms with Crippen molar-refractivity contribution in [2.24, 2.45) is 11.1 Å². The van der Waals surface area contributed by atoms with E-state index in [2.05, 4.69) is 17.4 Å². The van der Waals surface area contributed by atoms with Crippen molar-refractivity contribution in [3.05, 3.63) is 23.4 Å². The highest BCUT2D eigenvalue weighted by molar-refractivity contribution is 5.40. The molecule has 3 heteroatoms. The van der Waals surface area contributed by atoms with Crippen molar-refractivity contribution in [1.82, 2.24) is 4.98 Å². The summed E-state index contributed by atoms with van der Waals surface area (Å²) in [7, 11) is 0. The highest BCUT2D eigenvalue weighted by atomic mass is 15.0. The fourth-order valence-electron chi connectivity index (χ4n) is 3.38. The minimum absolute atomic E-state index is 0.320. The molecule has 0 unspecified atom stereocenters. The van der Waals surface area contributed by atoms with Gasteiger partial charge in [0, 0.05) is 12.2 Å². The number of rotatable bonds is 4. The molecular formula is C15H23N3. The summed E-state index contributed by atoms with van der Waals surface area (Å²) in [6.07, 6.45) is 8.80. The van der Waals surface area contributed by atoms with E-state index in [9.17, 15) is 0 Å². The zero-order chi connectivity index (χ0) is 12.4. The molecule has 0 saturated heterocycles. The summed E-state index contributed by atoms with van der Waals surface area (Å²) in [5.74, 6) is 1.04. The van der Waals surface area contributed by atoms with E-state index in [4.69, 9.17) is 10.7 Å². The minimum atomic E-state index is 0.320. The number of nitrogens with two attached hydrogens (primary N) is 1. The van der Waals surface area contributed by atoms with Gasteiger partial charge in [-0.2, -0.15) is 0 Å². The van der Waals surface area contributed by atoms with E-state index in [0.29, 0.717) is 5.41 Å². The summed E-state index contributed by atoms with van der Waals surface area (Å²) < 4.78 is 0. The van der Waals surface area contributed by atoms with E-state index < -0.39 is 0 Å². The molecule has 1 saturated carbocycles. The van der Waals surface area contributed by atoms with Crippen LogP contribution in [-0.4, -0.2) is 18.1 Å². The van der Waals surface area contributed by atoms with E-state index in [-0.39, 0.29) is 0 Å². The first-order valence-corrected chi connectivity index (χ1v) is 7.24. The van der Waals surface area contributed by atoms with Crippen LogP contribution in [0.15, 0.2) is 12.1 Å². The number of hydrogen-bond donors (Lipinski definition) is 2. The zero-order valence-corrected chi connectivity index (χ0v) is 11.0. The number of nitrogens with one attached hydrogen (secondary N) is 1. The molecule has 0 amide bonds. The molecule has 3 N–H and O–H groups in total. The van der Waals surface area contributed by atoms with Crippen LogP contribution in [0.2, 0.25) is 0 Å². The highest BCUT2D eigenvalue weighted by Crippen LogP contribution is 2.37. The maximum absolute atomic E-state index is 5.96. The number of fused-ring (bicyclic) bond motifs is 1. The van der Waals surface area contributed by atoms with Crippen LogP contribution in [0.1, 0.15) is 43.4 Å². The van der Waals surface area contributed by atoms with Gasteiger partial charge in [-0.15, -0.1) is 0 Å². The second kappa shape index (κ2) is 4.88. The molecule has 18 heavy (non-hydrogen) atoms. The minimum Gasteiger partial charge on any atom is -0.369 e. The maximum atomic E-state index is 5.96. The van der Waals surface area contributed by atoms with E-state index >= 15 is 0 Å². The van der Waals surface area contributed by atoms with Gasteiger partial charge in [-0.1, -0.05) is 18.9 Å². The first-order valence-electron chi connectivity index (χ1n) is 7.24. The van der Waals surface area contributed by atoms with Crippen LogP contribution in [0.25, 0.3) is 0 Å². The zero-order valence-electron chi connectivity index (χ0n) is 11.0. The highest BCUT2D eigenvalue weighted by Gasteiger charge is 2.32. The molecule has 2 aliphatic carbocycles. The topological polar surface area (TPSA) is 50.9 Å². The van der Waals surface area contributed by atoms with Crippen LogP contribution >= 0.6 is 0 Å². The molecule has 0 bridgehead atoms. The molecule has 0 radical (unpaired) electrons. The van der Waals surface area contributed by atoms with E-state index in [0.717, 1.165) is 25.3 Å². The third-order valence-electron chi connectivity index (χ3n) is 4.67. The number of aromatic nitrogens is 1. The van der Waals surface area contributed by atoms with Gasteiger partial charge in [-0.25, -0.2) is 4.98 Å². The van der Waals surface area contributed by atoms with Gasteiger partial charge >= 0.3 is 0 Å². The van der Waals surface area contributed by atoms with Crippen molar-refractivity contribution in [1.29, 1.82) is 0 Å². The van der Waals surface area contributed by atoms with Crippen LogP contribution < -0.4 is 11.1 Å². The van der Waals surface area contributed by atoms with Crippen molar-refractivity contribution in [2.75, 3.05) is 18.4 Å². The number of aryl methyl sites for hydroxylation is 2. The first kappa shape index (κ1) is 12.0. The Balaban J connectivity index is 1.66. The molecule has 98 valence electrons. The Labute approximate surface area is 109 Å². The Morgan fingerprint density at radius 1 is 1.17 bits per heavy atom. The molecule has 1 aromatic heterocycles. The number of anilines is 1. The van der Waals surface area contributed by atoms with Crippen LogP contribution in [0.3, 0.4) is 0 Å². The fourth-order valence-corrected chi connectivity index (χ4v) is 3.38. The SMILES string of the molecule is NCC1(CNc2ccc3c(n2)CCC3)CCCC1. The number of hydrogen-bond acceptors (Lipinski definition) is 3. The van der Waals surface area contributed by atoms with E-state index in [1.165, 1.54) is 49.8 Å². The van der Waals surface area contributed by atoms with Gasteiger partial charge < -0.3 is 11.1 Å². The molecule has 1 heterocycles. The predicted octanol–water partition coefficient (Wildman–Crippen LogP) is 2.50. The Kier molecular flexibility index (Phi) is 3.25. The lowest BCUT2D eigenvalue weighted by molar-refractivity contribution is 0.332. The van der Waals surface area contributed by atoms with Crippen LogP contribution in [0.4, 0.5) is 5.82 Å². The Morgan fingerprint density at radius 2 is 2.00 bits per heavy atom. The lowest BCUT2D eigenvalue weighted by Crippen LogP contribution is -2.34. The summed E-state index contributed by atoms with van der Waals surface area (Å²) in [5.41, 5.74) is 9.02. The normalized spacial score (nSPS) is 20.9. The lowest BCUT2D eigenvalue weighted by atomic mass is 9.86. The molecule has 3 rings (SSSR count). The smallest absolute Gasteiger partial charge is 0.126 e. The molecule has 1 aromatic rings. The molecule has 1 fully saturated rings. The monoisotopic (exact) mass is 245 g/mol. The van der Waals surface area contributed by atoms with Gasteiger partial charge in [-0.05, 0) is 55.7 Å². The molecule has 0 aromatic carbocycles. The maximum Gasteiger partial charge on any atom is 0.126 e. The van der Waals surface area contributed by atoms with Crippen molar-refractivity contribution >= 4 is 5.82 Å². The molecule has 0 aliphatic heterocycles. The second-order valence-corrected chi connectivity index (χ2v) is 5.92. The van der Waals surface area contributed by atoms with Gasteiger partial charge in [0.15, 0.2) is 0 Å². The average molecular weight is 245 g/mol.